The fourth-order valence-electron chi connectivity index (χ4n) is 2.11. The number of rotatable bonds is 6. The van der Waals surface area contributed by atoms with Crippen LogP contribution in [0, 0.1) is 5.41 Å². The quantitative estimate of drug-likeness (QED) is 0.405. The number of hydrogen-bond donors (Lipinski definition) is 1. The highest BCUT2D eigenvalue weighted by atomic mass is 32.1. The van der Waals surface area contributed by atoms with Crippen LogP contribution in [0.2, 0.25) is 0 Å². The molecule has 0 N–H and O–H groups in total. The lowest BCUT2D eigenvalue weighted by Gasteiger charge is -2.35. The molecule has 14 heavy (non-hydrogen) atoms. The van der Waals surface area contributed by atoms with E-state index in [1.165, 1.54) is 32.1 Å². The second-order valence-corrected chi connectivity index (χ2v) is 4.66. The minimum absolute atomic E-state index is 0.378. The molecule has 1 aliphatic carbocycles. The Morgan fingerprint density at radius 2 is 2.00 bits per heavy atom. The second kappa shape index (κ2) is 6.52. The summed E-state index contributed by atoms with van der Waals surface area (Å²) in [7, 11) is 0. The lowest BCUT2D eigenvalue weighted by atomic mass is 9.76. The molecule has 1 aliphatic rings. The molecule has 0 heterocycles. The normalized spacial score (nSPS) is 20.6. The molecule has 0 bridgehead atoms. The topological polar surface area (TPSA) is 9.23 Å². The summed E-state index contributed by atoms with van der Waals surface area (Å²) in [4.78, 5) is 0. The maximum atomic E-state index is 5.69. The fourth-order valence-corrected chi connectivity index (χ4v) is 2.51. The van der Waals surface area contributed by atoms with Gasteiger partial charge in [0, 0.05) is 5.41 Å². The van der Waals surface area contributed by atoms with Crippen LogP contribution in [0.15, 0.2) is 12.7 Å². The van der Waals surface area contributed by atoms with Crippen LogP contribution in [0.3, 0.4) is 0 Å². The molecule has 1 rings (SSSR count). The Hall–Kier alpha value is 0.0500. The zero-order chi connectivity index (χ0) is 10.3. The van der Waals surface area contributed by atoms with Crippen molar-refractivity contribution in [2.45, 2.75) is 38.5 Å². The largest absolute Gasteiger partial charge is 0.381 e. The molecule has 1 nitrogen and oxygen atoms in total. The monoisotopic (exact) mass is 214 g/mol. The smallest absolute Gasteiger partial charge is 0.0530 e. The first-order valence-electron chi connectivity index (χ1n) is 5.62. The summed E-state index contributed by atoms with van der Waals surface area (Å²) in [5, 5.41) is 0. The van der Waals surface area contributed by atoms with Crippen molar-refractivity contribution in [2.75, 3.05) is 19.0 Å². The predicted molar refractivity (Wildman–Crippen MR) is 65.0 cm³/mol. The summed E-state index contributed by atoms with van der Waals surface area (Å²) < 4.78 is 5.69. The molecule has 1 fully saturated rings. The van der Waals surface area contributed by atoms with Gasteiger partial charge < -0.3 is 4.74 Å². The van der Waals surface area contributed by atoms with Crippen LogP contribution in [0.5, 0.6) is 0 Å². The number of thiol groups is 1. The Bertz CT molecular complexity index is 162. The first kappa shape index (κ1) is 12.1. The van der Waals surface area contributed by atoms with Gasteiger partial charge in [-0.3, -0.25) is 0 Å². The summed E-state index contributed by atoms with van der Waals surface area (Å²) in [5.41, 5.74) is 0.378. The van der Waals surface area contributed by atoms with Gasteiger partial charge in [-0.05, 0) is 25.0 Å². The van der Waals surface area contributed by atoms with Crippen molar-refractivity contribution in [1.29, 1.82) is 0 Å². The number of ether oxygens (including phenoxy) is 1. The van der Waals surface area contributed by atoms with Crippen LogP contribution in [0.25, 0.3) is 0 Å². The zero-order valence-corrected chi connectivity index (χ0v) is 9.90. The van der Waals surface area contributed by atoms with Crippen LogP contribution >= 0.6 is 12.6 Å². The summed E-state index contributed by atoms with van der Waals surface area (Å²) in [5.74, 6) is 0.973. The molecule has 0 aliphatic heterocycles. The maximum Gasteiger partial charge on any atom is 0.0530 e. The van der Waals surface area contributed by atoms with Crippen LogP contribution in [0.4, 0.5) is 0 Å². The minimum atomic E-state index is 0.378. The molecule has 0 unspecified atom stereocenters. The molecule has 0 atom stereocenters. The summed E-state index contributed by atoms with van der Waals surface area (Å²) in [6, 6.07) is 0. The Morgan fingerprint density at radius 3 is 2.57 bits per heavy atom. The van der Waals surface area contributed by atoms with Crippen LogP contribution in [0.1, 0.15) is 38.5 Å². The van der Waals surface area contributed by atoms with Crippen molar-refractivity contribution < 1.29 is 4.74 Å². The maximum absolute atomic E-state index is 5.69. The Labute approximate surface area is 93.3 Å². The van der Waals surface area contributed by atoms with Gasteiger partial charge in [-0.25, -0.2) is 0 Å². The average molecular weight is 214 g/mol. The van der Waals surface area contributed by atoms with E-state index in [2.05, 4.69) is 19.2 Å². The average Bonchev–Trinajstić information content (AvgIpc) is 2.26. The lowest BCUT2D eigenvalue weighted by molar-refractivity contribution is 0.0367. The van der Waals surface area contributed by atoms with Crippen LogP contribution in [-0.4, -0.2) is 19.0 Å². The van der Waals surface area contributed by atoms with Crippen molar-refractivity contribution in [2.24, 2.45) is 5.41 Å². The SMILES string of the molecule is C=CCCOCC1(CS)CCCCC1. The molecule has 0 aromatic heterocycles. The minimum Gasteiger partial charge on any atom is -0.381 e. The van der Waals surface area contributed by atoms with E-state index in [4.69, 9.17) is 4.74 Å². The van der Waals surface area contributed by atoms with Gasteiger partial charge in [0.1, 0.15) is 0 Å². The van der Waals surface area contributed by atoms with Crippen molar-refractivity contribution in [1.82, 2.24) is 0 Å². The van der Waals surface area contributed by atoms with Crippen LogP contribution in [-0.2, 0) is 4.74 Å². The van der Waals surface area contributed by atoms with E-state index in [1.54, 1.807) is 0 Å². The van der Waals surface area contributed by atoms with Gasteiger partial charge in [0.25, 0.3) is 0 Å². The van der Waals surface area contributed by atoms with Gasteiger partial charge in [-0.2, -0.15) is 12.6 Å². The van der Waals surface area contributed by atoms with E-state index in [-0.39, 0.29) is 0 Å². The molecular weight excluding hydrogens is 192 g/mol. The predicted octanol–water partition coefficient (Wildman–Crippen LogP) is 3.46. The lowest BCUT2D eigenvalue weighted by Crippen LogP contribution is -2.31. The third-order valence-corrected chi connectivity index (χ3v) is 3.80. The van der Waals surface area contributed by atoms with E-state index >= 15 is 0 Å². The third kappa shape index (κ3) is 3.66. The molecule has 0 amide bonds. The van der Waals surface area contributed by atoms with E-state index in [0.717, 1.165) is 25.4 Å². The van der Waals surface area contributed by atoms with Gasteiger partial charge in [0.15, 0.2) is 0 Å². The first-order valence-corrected chi connectivity index (χ1v) is 6.26. The number of hydrogen-bond acceptors (Lipinski definition) is 2. The van der Waals surface area contributed by atoms with Crippen molar-refractivity contribution in [3.8, 4) is 0 Å². The zero-order valence-electron chi connectivity index (χ0n) is 9.00. The van der Waals surface area contributed by atoms with Gasteiger partial charge in [-0.1, -0.05) is 25.3 Å². The van der Waals surface area contributed by atoms with Gasteiger partial charge in [0.2, 0.25) is 0 Å². The fraction of sp³-hybridized carbons (Fsp3) is 0.833. The standard InChI is InChI=1S/C12H22OS/c1-2-3-9-13-10-12(11-14)7-5-4-6-8-12/h2,14H,1,3-11H2. The van der Waals surface area contributed by atoms with Gasteiger partial charge in [-0.15, -0.1) is 6.58 Å². The van der Waals surface area contributed by atoms with Crippen LogP contribution < -0.4 is 0 Å². The molecule has 2 heteroatoms. The highest BCUT2D eigenvalue weighted by Crippen LogP contribution is 2.37. The van der Waals surface area contributed by atoms with E-state index < -0.39 is 0 Å². The molecule has 0 spiro atoms. The van der Waals surface area contributed by atoms with E-state index in [9.17, 15) is 0 Å². The first-order chi connectivity index (χ1) is 6.83. The molecule has 82 valence electrons. The highest BCUT2D eigenvalue weighted by molar-refractivity contribution is 7.80. The summed E-state index contributed by atoms with van der Waals surface area (Å²) >= 11 is 4.47. The molecule has 0 aromatic carbocycles. The Morgan fingerprint density at radius 1 is 1.29 bits per heavy atom. The molecular formula is C12H22OS. The second-order valence-electron chi connectivity index (χ2n) is 4.35. The molecule has 0 aromatic rings. The Balaban J connectivity index is 2.25. The molecule has 0 saturated heterocycles. The third-order valence-electron chi connectivity index (χ3n) is 3.12. The van der Waals surface area contributed by atoms with Crippen molar-refractivity contribution >= 4 is 12.6 Å². The summed E-state index contributed by atoms with van der Waals surface area (Å²) in [6.07, 6.45) is 9.56. The highest BCUT2D eigenvalue weighted by Gasteiger charge is 2.30. The van der Waals surface area contributed by atoms with Crippen molar-refractivity contribution in [3.05, 3.63) is 12.7 Å². The van der Waals surface area contributed by atoms with Crippen molar-refractivity contribution in [3.63, 3.8) is 0 Å². The van der Waals surface area contributed by atoms with E-state index in [0.29, 0.717) is 5.41 Å². The van der Waals surface area contributed by atoms with E-state index in [1.807, 2.05) is 6.08 Å². The van der Waals surface area contributed by atoms with Gasteiger partial charge in [0.05, 0.1) is 13.2 Å². The summed E-state index contributed by atoms with van der Waals surface area (Å²) in [6.45, 7) is 5.40. The molecule has 1 saturated carbocycles. The molecule has 0 radical (unpaired) electrons. The Kier molecular flexibility index (Phi) is 5.64. The van der Waals surface area contributed by atoms with Gasteiger partial charge >= 0.3 is 0 Å².